The standard InChI is InChI=1S/C20H14N4/c21-13-15-4-3-5-16(12-15)14-24-19-7-2-1-6-18(19)23-20(24)17-8-10-22-11-9-17/h1-12H,14H2. The number of pyridine rings is 1. The second-order valence-corrected chi connectivity index (χ2v) is 5.56. The summed E-state index contributed by atoms with van der Waals surface area (Å²) < 4.78 is 2.18. The van der Waals surface area contributed by atoms with Crippen LogP contribution in [0.2, 0.25) is 0 Å². The molecule has 0 atom stereocenters. The highest BCUT2D eigenvalue weighted by Gasteiger charge is 2.12. The van der Waals surface area contributed by atoms with Crippen LogP contribution in [0.3, 0.4) is 0 Å². The van der Waals surface area contributed by atoms with Gasteiger partial charge >= 0.3 is 0 Å². The van der Waals surface area contributed by atoms with Crippen molar-refractivity contribution < 1.29 is 0 Å². The van der Waals surface area contributed by atoms with E-state index < -0.39 is 0 Å². The van der Waals surface area contributed by atoms with E-state index in [2.05, 4.69) is 21.7 Å². The van der Waals surface area contributed by atoms with Crippen LogP contribution in [0.25, 0.3) is 22.4 Å². The van der Waals surface area contributed by atoms with E-state index in [1.807, 2.05) is 54.6 Å². The van der Waals surface area contributed by atoms with Crippen molar-refractivity contribution >= 4 is 11.0 Å². The molecule has 0 amide bonds. The van der Waals surface area contributed by atoms with E-state index in [1.54, 1.807) is 12.4 Å². The van der Waals surface area contributed by atoms with Crippen molar-refractivity contribution in [2.75, 3.05) is 0 Å². The molecule has 2 heterocycles. The summed E-state index contributed by atoms with van der Waals surface area (Å²) in [6, 6.07) is 21.9. The van der Waals surface area contributed by atoms with Crippen molar-refractivity contribution in [1.82, 2.24) is 14.5 Å². The molecule has 2 aromatic carbocycles. The molecule has 0 N–H and O–H groups in total. The van der Waals surface area contributed by atoms with Gasteiger partial charge in [-0.05, 0) is 42.0 Å². The molecule has 4 rings (SSSR count). The van der Waals surface area contributed by atoms with Gasteiger partial charge in [-0.25, -0.2) is 4.98 Å². The highest BCUT2D eigenvalue weighted by atomic mass is 15.1. The van der Waals surface area contributed by atoms with Crippen molar-refractivity contribution in [2.24, 2.45) is 0 Å². The van der Waals surface area contributed by atoms with Gasteiger partial charge in [0.1, 0.15) is 5.82 Å². The van der Waals surface area contributed by atoms with Crippen molar-refractivity contribution in [3.8, 4) is 17.5 Å². The third-order valence-electron chi connectivity index (χ3n) is 3.99. The Balaban J connectivity index is 1.88. The molecule has 0 aliphatic heterocycles. The smallest absolute Gasteiger partial charge is 0.141 e. The number of fused-ring (bicyclic) bond motifs is 1. The molecule has 24 heavy (non-hydrogen) atoms. The lowest BCUT2D eigenvalue weighted by molar-refractivity contribution is 0.834. The fraction of sp³-hybridized carbons (Fsp3) is 0.0500. The summed E-state index contributed by atoms with van der Waals surface area (Å²) >= 11 is 0. The number of nitriles is 1. The van der Waals surface area contributed by atoms with Gasteiger partial charge in [0.15, 0.2) is 0 Å². The normalized spacial score (nSPS) is 10.6. The number of benzene rings is 2. The van der Waals surface area contributed by atoms with Gasteiger partial charge in [-0.15, -0.1) is 0 Å². The maximum absolute atomic E-state index is 9.12. The predicted molar refractivity (Wildman–Crippen MR) is 93.2 cm³/mol. The fourth-order valence-corrected chi connectivity index (χ4v) is 2.88. The van der Waals surface area contributed by atoms with E-state index in [4.69, 9.17) is 10.2 Å². The first-order valence-corrected chi connectivity index (χ1v) is 7.70. The number of hydrogen-bond acceptors (Lipinski definition) is 3. The monoisotopic (exact) mass is 310 g/mol. The summed E-state index contributed by atoms with van der Waals surface area (Å²) in [6.07, 6.45) is 3.55. The largest absolute Gasteiger partial charge is 0.319 e. The number of hydrogen-bond donors (Lipinski definition) is 0. The third-order valence-corrected chi connectivity index (χ3v) is 3.99. The SMILES string of the molecule is N#Cc1cccc(Cn2c(-c3ccncc3)nc3ccccc32)c1. The minimum Gasteiger partial charge on any atom is -0.319 e. The molecule has 4 nitrogen and oxygen atoms in total. The van der Waals surface area contributed by atoms with Gasteiger partial charge in [0.05, 0.1) is 22.7 Å². The quantitative estimate of drug-likeness (QED) is 0.574. The summed E-state index contributed by atoms with van der Waals surface area (Å²) in [5.74, 6) is 0.904. The van der Waals surface area contributed by atoms with E-state index in [0.29, 0.717) is 12.1 Å². The van der Waals surface area contributed by atoms with Gasteiger partial charge in [-0.2, -0.15) is 5.26 Å². The van der Waals surface area contributed by atoms with Crippen molar-refractivity contribution in [1.29, 1.82) is 5.26 Å². The summed E-state index contributed by atoms with van der Waals surface area (Å²) in [5, 5.41) is 9.12. The van der Waals surface area contributed by atoms with Crippen LogP contribution in [0.5, 0.6) is 0 Å². The molecular formula is C20H14N4. The molecule has 0 aliphatic rings. The van der Waals surface area contributed by atoms with Crippen LogP contribution in [0.4, 0.5) is 0 Å². The van der Waals surface area contributed by atoms with Gasteiger partial charge < -0.3 is 4.57 Å². The van der Waals surface area contributed by atoms with Crippen LogP contribution in [-0.4, -0.2) is 14.5 Å². The van der Waals surface area contributed by atoms with Crippen LogP contribution in [0.1, 0.15) is 11.1 Å². The van der Waals surface area contributed by atoms with Crippen molar-refractivity contribution in [3.63, 3.8) is 0 Å². The molecule has 0 spiro atoms. The Bertz CT molecular complexity index is 1040. The molecule has 114 valence electrons. The molecular weight excluding hydrogens is 296 g/mol. The van der Waals surface area contributed by atoms with Crippen LogP contribution in [-0.2, 0) is 6.54 Å². The summed E-state index contributed by atoms with van der Waals surface area (Å²) in [7, 11) is 0. The zero-order valence-electron chi connectivity index (χ0n) is 12.9. The Hall–Kier alpha value is -3.45. The van der Waals surface area contributed by atoms with E-state index in [0.717, 1.165) is 28.0 Å². The molecule has 0 fully saturated rings. The number of rotatable bonds is 3. The molecule has 0 aliphatic carbocycles. The maximum atomic E-state index is 9.12. The molecule has 2 aromatic heterocycles. The Morgan fingerprint density at radius 1 is 0.958 bits per heavy atom. The maximum Gasteiger partial charge on any atom is 0.141 e. The Labute approximate surface area is 139 Å². The Morgan fingerprint density at radius 2 is 1.79 bits per heavy atom. The van der Waals surface area contributed by atoms with Gasteiger partial charge in [-0.3, -0.25) is 4.98 Å². The molecule has 0 radical (unpaired) electrons. The lowest BCUT2D eigenvalue weighted by Gasteiger charge is -2.10. The van der Waals surface area contributed by atoms with E-state index in [-0.39, 0.29) is 0 Å². The summed E-state index contributed by atoms with van der Waals surface area (Å²) in [5.41, 5.74) is 4.81. The average molecular weight is 310 g/mol. The number of para-hydroxylation sites is 2. The van der Waals surface area contributed by atoms with Gasteiger partial charge in [0.25, 0.3) is 0 Å². The molecule has 4 heteroatoms. The number of aromatic nitrogens is 3. The second-order valence-electron chi connectivity index (χ2n) is 5.56. The minimum atomic E-state index is 0.660. The zero-order chi connectivity index (χ0) is 16.4. The molecule has 0 saturated heterocycles. The average Bonchev–Trinajstić information content (AvgIpc) is 3.01. The lowest BCUT2D eigenvalue weighted by Crippen LogP contribution is -2.02. The fourth-order valence-electron chi connectivity index (χ4n) is 2.88. The Kier molecular flexibility index (Phi) is 3.53. The van der Waals surface area contributed by atoms with Gasteiger partial charge in [0.2, 0.25) is 0 Å². The van der Waals surface area contributed by atoms with E-state index in [9.17, 15) is 0 Å². The Morgan fingerprint density at radius 3 is 2.62 bits per heavy atom. The summed E-state index contributed by atoms with van der Waals surface area (Å²) in [6.45, 7) is 0.660. The third kappa shape index (κ3) is 2.53. The minimum absolute atomic E-state index is 0.660. The zero-order valence-corrected chi connectivity index (χ0v) is 12.9. The first-order chi connectivity index (χ1) is 11.8. The van der Waals surface area contributed by atoms with Crippen molar-refractivity contribution in [2.45, 2.75) is 6.54 Å². The first-order valence-electron chi connectivity index (χ1n) is 7.70. The van der Waals surface area contributed by atoms with Gasteiger partial charge in [-0.1, -0.05) is 24.3 Å². The van der Waals surface area contributed by atoms with Crippen molar-refractivity contribution in [3.05, 3.63) is 84.2 Å². The van der Waals surface area contributed by atoms with Gasteiger partial charge in [0, 0.05) is 24.5 Å². The second kappa shape index (κ2) is 5.98. The number of nitrogens with zero attached hydrogens (tertiary/aromatic N) is 4. The summed E-state index contributed by atoms with van der Waals surface area (Å²) in [4.78, 5) is 8.88. The van der Waals surface area contributed by atoms with E-state index >= 15 is 0 Å². The van der Waals surface area contributed by atoms with Crippen LogP contribution >= 0.6 is 0 Å². The molecule has 0 bridgehead atoms. The number of imidazole rings is 1. The lowest BCUT2D eigenvalue weighted by atomic mass is 10.1. The highest BCUT2D eigenvalue weighted by Crippen LogP contribution is 2.25. The molecule has 4 aromatic rings. The molecule has 0 unspecified atom stereocenters. The topological polar surface area (TPSA) is 54.5 Å². The predicted octanol–water partition coefficient (Wildman–Crippen LogP) is 4.02. The first kappa shape index (κ1) is 14.2. The highest BCUT2D eigenvalue weighted by molar-refractivity contribution is 5.80. The molecule has 0 saturated carbocycles. The van der Waals surface area contributed by atoms with Crippen LogP contribution in [0, 0.1) is 11.3 Å². The van der Waals surface area contributed by atoms with Crippen LogP contribution < -0.4 is 0 Å². The van der Waals surface area contributed by atoms with E-state index in [1.165, 1.54) is 0 Å². The van der Waals surface area contributed by atoms with Crippen LogP contribution in [0.15, 0.2) is 73.1 Å².